The number of esters is 1. The predicted molar refractivity (Wildman–Crippen MR) is 105 cm³/mol. The van der Waals surface area contributed by atoms with Gasteiger partial charge in [0.05, 0.1) is 5.75 Å². The van der Waals surface area contributed by atoms with Crippen LogP contribution in [-0.4, -0.2) is 24.2 Å². The number of nitrogens with one attached hydrogen (secondary N) is 1. The number of carbonyl (C=O) groups excluding carboxylic acids is 2. The summed E-state index contributed by atoms with van der Waals surface area (Å²) in [5.41, 5.74) is 4.29. The highest BCUT2D eigenvalue weighted by Gasteiger charge is 2.13. The number of anilines is 1. The van der Waals surface area contributed by atoms with Crippen molar-refractivity contribution in [3.63, 3.8) is 0 Å². The average molecular weight is 390 g/mol. The van der Waals surface area contributed by atoms with Gasteiger partial charge in [0, 0.05) is 15.6 Å². The molecule has 3 rings (SSSR count). The Bertz CT molecular complexity index is 838. The quantitative estimate of drug-likeness (QED) is 0.587. The number of hydrogen-bond donors (Lipinski definition) is 1. The molecule has 0 radical (unpaired) electrons. The van der Waals surface area contributed by atoms with E-state index in [2.05, 4.69) is 17.4 Å². The summed E-state index contributed by atoms with van der Waals surface area (Å²) in [6.45, 7) is 1.55. The standard InChI is InChI=1S/C20H20ClNO3S/c1-13-9-16(21)6-8-18(13)22-19(23)11-25-20(24)12-26-17-7-5-14-3-2-4-15(14)10-17/h5-10H,2-4,11-12H2,1H3,(H,22,23). The third-order valence-electron chi connectivity index (χ3n) is 4.25. The Kier molecular flexibility index (Phi) is 6.22. The van der Waals surface area contributed by atoms with Crippen LogP contribution in [0.25, 0.3) is 0 Å². The van der Waals surface area contributed by atoms with Crippen molar-refractivity contribution in [2.24, 2.45) is 0 Å². The summed E-state index contributed by atoms with van der Waals surface area (Å²) in [6, 6.07) is 11.5. The van der Waals surface area contributed by atoms with Gasteiger partial charge in [-0.05, 0) is 73.2 Å². The van der Waals surface area contributed by atoms with Crippen LogP contribution in [0.5, 0.6) is 0 Å². The van der Waals surface area contributed by atoms with Gasteiger partial charge in [-0.1, -0.05) is 17.7 Å². The van der Waals surface area contributed by atoms with E-state index in [4.69, 9.17) is 16.3 Å². The Morgan fingerprint density at radius 1 is 1.15 bits per heavy atom. The highest BCUT2D eigenvalue weighted by atomic mass is 35.5. The lowest BCUT2D eigenvalue weighted by atomic mass is 10.1. The minimum atomic E-state index is -0.404. The maximum Gasteiger partial charge on any atom is 0.316 e. The van der Waals surface area contributed by atoms with E-state index >= 15 is 0 Å². The molecule has 0 atom stereocenters. The summed E-state index contributed by atoms with van der Waals surface area (Å²) in [7, 11) is 0. The Morgan fingerprint density at radius 2 is 1.96 bits per heavy atom. The number of halogens is 1. The molecule has 0 heterocycles. The SMILES string of the molecule is Cc1cc(Cl)ccc1NC(=O)COC(=O)CSc1ccc2c(c1)CCC2. The molecule has 0 saturated heterocycles. The molecule has 2 aromatic carbocycles. The van der Waals surface area contributed by atoms with Crippen LogP contribution in [0, 0.1) is 6.92 Å². The van der Waals surface area contributed by atoms with Gasteiger partial charge in [-0.25, -0.2) is 0 Å². The van der Waals surface area contributed by atoms with Crippen molar-refractivity contribution in [3.05, 3.63) is 58.1 Å². The molecule has 0 aliphatic heterocycles. The van der Waals surface area contributed by atoms with Gasteiger partial charge in [-0.15, -0.1) is 11.8 Å². The number of ether oxygens (including phenoxy) is 1. The molecule has 1 aliphatic carbocycles. The van der Waals surface area contributed by atoms with E-state index in [9.17, 15) is 9.59 Å². The molecule has 0 unspecified atom stereocenters. The maximum absolute atomic E-state index is 11.9. The maximum atomic E-state index is 11.9. The van der Waals surface area contributed by atoms with E-state index < -0.39 is 5.97 Å². The fourth-order valence-electron chi connectivity index (χ4n) is 2.92. The zero-order chi connectivity index (χ0) is 18.5. The van der Waals surface area contributed by atoms with E-state index in [0.717, 1.165) is 23.3 Å². The molecule has 136 valence electrons. The van der Waals surface area contributed by atoms with E-state index in [0.29, 0.717) is 10.7 Å². The second kappa shape index (κ2) is 8.60. The zero-order valence-electron chi connectivity index (χ0n) is 14.5. The Balaban J connectivity index is 1.43. The third kappa shape index (κ3) is 5.02. The second-order valence-corrected chi connectivity index (χ2v) is 7.73. The molecule has 0 saturated carbocycles. The number of fused-ring (bicyclic) bond motifs is 1. The summed E-state index contributed by atoms with van der Waals surface area (Å²) in [4.78, 5) is 24.9. The molecule has 1 aliphatic rings. The van der Waals surface area contributed by atoms with E-state index in [1.807, 2.05) is 13.0 Å². The first-order chi connectivity index (χ1) is 12.5. The van der Waals surface area contributed by atoms with Gasteiger partial charge in [0.2, 0.25) is 0 Å². The average Bonchev–Trinajstić information content (AvgIpc) is 3.08. The minimum Gasteiger partial charge on any atom is -0.455 e. The predicted octanol–water partition coefficient (Wildman–Crippen LogP) is 4.41. The largest absolute Gasteiger partial charge is 0.455 e. The smallest absolute Gasteiger partial charge is 0.316 e. The molecular weight excluding hydrogens is 370 g/mol. The van der Waals surface area contributed by atoms with Gasteiger partial charge >= 0.3 is 5.97 Å². The highest BCUT2D eigenvalue weighted by molar-refractivity contribution is 8.00. The van der Waals surface area contributed by atoms with Crippen LogP contribution in [0.1, 0.15) is 23.1 Å². The van der Waals surface area contributed by atoms with Crippen molar-refractivity contribution < 1.29 is 14.3 Å². The molecule has 2 aromatic rings. The van der Waals surface area contributed by atoms with Crippen molar-refractivity contribution >= 4 is 40.9 Å². The number of aryl methyl sites for hydroxylation is 3. The summed E-state index contributed by atoms with van der Waals surface area (Å²) in [5, 5.41) is 3.32. The van der Waals surface area contributed by atoms with Crippen molar-refractivity contribution in [3.8, 4) is 0 Å². The van der Waals surface area contributed by atoms with Gasteiger partial charge in [-0.2, -0.15) is 0 Å². The topological polar surface area (TPSA) is 55.4 Å². The van der Waals surface area contributed by atoms with Gasteiger partial charge < -0.3 is 10.1 Å². The molecule has 1 N–H and O–H groups in total. The lowest BCUT2D eigenvalue weighted by Crippen LogP contribution is -2.22. The summed E-state index contributed by atoms with van der Waals surface area (Å²) in [5.74, 6) is -0.587. The Labute approximate surface area is 162 Å². The molecule has 0 aromatic heterocycles. The number of rotatable bonds is 6. The fourth-order valence-corrected chi connectivity index (χ4v) is 3.91. The van der Waals surface area contributed by atoms with Crippen molar-refractivity contribution in [1.29, 1.82) is 0 Å². The number of thioether (sulfide) groups is 1. The van der Waals surface area contributed by atoms with Crippen LogP contribution >= 0.6 is 23.4 Å². The molecule has 6 heteroatoms. The van der Waals surface area contributed by atoms with Gasteiger partial charge in [0.15, 0.2) is 6.61 Å². The molecular formula is C20H20ClNO3S. The molecule has 0 bridgehead atoms. The highest BCUT2D eigenvalue weighted by Crippen LogP contribution is 2.27. The van der Waals surface area contributed by atoms with Crippen LogP contribution < -0.4 is 5.32 Å². The van der Waals surface area contributed by atoms with E-state index in [1.165, 1.54) is 29.3 Å². The van der Waals surface area contributed by atoms with Crippen LogP contribution in [-0.2, 0) is 27.2 Å². The monoisotopic (exact) mass is 389 g/mol. The first kappa shape index (κ1) is 18.8. The number of amides is 1. The lowest BCUT2D eigenvalue weighted by molar-refractivity contribution is -0.144. The Morgan fingerprint density at radius 3 is 2.77 bits per heavy atom. The molecule has 0 spiro atoms. The molecule has 1 amide bonds. The van der Waals surface area contributed by atoms with Crippen LogP contribution in [0.2, 0.25) is 5.02 Å². The third-order valence-corrected chi connectivity index (χ3v) is 5.46. The number of benzene rings is 2. The summed E-state index contributed by atoms with van der Waals surface area (Å²) < 4.78 is 5.06. The number of hydrogen-bond acceptors (Lipinski definition) is 4. The van der Waals surface area contributed by atoms with Crippen molar-refractivity contribution in [2.45, 2.75) is 31.1 Å². The summed E-state index contributed by atoms with van der Waals surface area (Å²) >= 11 is 7.32. The van der Waals surface area contributed by atoms with Gasteiger partial charge in [0.1, 0.15) is 0 Å². The first-order valence-electron chi connectivity index (χ1n) is 8.47. The normalized spacial score (nSPS) is 12.5. The molecule has 0 fully saturated rings. The lowest BCUT2D eigenvalue weighted by Gasteiger charge is -2.09. The number of carbonyl (C=O) groups is 2. The minimum absolute atomic E-state index is 0.187. The van der Waals surface area contributed by atoms with Crippen molar-refractivity contribution in [2.75, 3.05) is 17.7 Å². The van der Waals surface area contributed by atoms with Crippen LogP contribution in [0.15, 0.2) is 41.3 Å². The van der Waals surface area contributed by atoms with Gasteiger partial charge in [-0.3, -0.25) is 9.59 Å². The van der Waals surface area contributed by atoms with Crippen LogP contribution in [0.3, 0.4) is 0 Å². The first-order valence-corrected chi connectivity index (χ1v) is 9.84. The second-order valence-electron chi connectivity index (χ2n) is 6.24. The summed E-state index contributed by atoms with van der Waals surface area (Å²) in [6.07, 6.45) is 3.46. The molecule has 4 nitrogen and oxygen atoms in total. The van der Waals surface area contributed by atoms with Crippen LogP contribution in [0.4, 0.5) is 5.69 Å². The van der Waals surface area contributed by atoms with Crippen molar-refractivity contribution in [1.82, 2.24) is 0 Å². The fraction of sp³-hybridized carbons (Fsp3) is 0.300. The van der Waals surface area contributed by atoms with Gasteiger partial charge in [0.25, 0.3) is 5.91 Å². The molecule has 26 heavy (non-hydrogen) atoms. The van der Waals surface area contributed by atoms with E-state index in [-0.39, 0.29) is 18.3 Å². The van der Waals surface area contributed by atoms with E-state index in [1.54, 1.807) is 18.2 Å². The Hall–Kier alpha value is -1.98. The zero-order valence-corrected chi connectivity index (χ0v) is 16.1.